The predicted octanol–water partition coefficient (Wildman–Crippen LogP) is -0.110. The lowest BCUT2D eigenvalue weighted by Crippen LogP contribution is -3.05. The van der Waals surface area contributed by atoms with Gasteiger partial charge in [0, 0.05) is 19.2 Å². The van der Waals surface area contributed by atoms with Gasteiger partial charge in [0.05, 0.1) is 32.9 Å². The molecule has 1 atom stereocenters. The Balaban J connectivity index is 2.18. The van der Waals surface area contributed by atoms with Crippen LogP contribution in [0.25, 0.3) is 0 Å². The van der Waals surface area contributed by atoms with Gasteiger partial charge in [-0.2, -0.15) is 0 Å². The van der Waals surface area contributed by atoms with E-state index in [9.17, 15) is 14.4 Å². The van der Waals surface area contributed by atoms with E-state index in [2.05, 4.69) is 10.3 Å². The predicted molar refractivity (Wildman–Crippen MR) is 97.8 cm³/mol. The minimum Gasteiger partial charge on any atom is -0.492 e. The maximum Gasteiger partial charge on any atom is 0.335 e. The molecule has 8 heteroatoms. The molecule has 0 aromatic heterocycles. The fourth-order valence-corrected chi connectivity index (χ4v) is 2.57. The Morgan fingerprint density at radius 3 is 2.69 bits per heavy atom. The minimum atomic E-state index is -1.13. The number of amides is 4. The highest BCUT2D eigenvalue weighted by molar-refractivity contribution is 6.32. The molecule has 0 radical (unpaired) electrons. The van der Waals surface area contributed by atoms with Gasteiger partial charge in [-0.15, -0.1) is 0 Å². The summed E-state index contributed by atoms with van der Waals surface area (Å²) in [4.78, 5) is 43.5. The van der Waals surface area contributed by atoms with E-state index < -0.39 is 23.8 Å². The first-order chi connectivity index (χ1) is 12.5. The molecule has 26 heavy (non-hydrogen) atoms. The Bertz CT molecular complexity index is 702. The number of anilines is 1. The van der Waals surface area contributed by atoms with Crippen molar-refractivity contribution in [3.8, 4) is 5.75 Å². The highest BCUT2D eigenvalue weighted by Crippen LogP contribution is 2.30. The Hall–Kier alpha value is -2.74. The van der Waals surface area contributed by atoms with Gasteiger partial charge in [-0.05, 0) is 19.1 Å². The van der Waals surface area contributed by atoms with E-state index in [1.165, 1.54) is 11.1 Å². The fourth-order valence-electron chi connectivity index (χ4n) is 2.57. The number of aliphatic imine (C=N–C) groups is 1. The van der Waals surface area contributed by atoms with Crippen molar-refractivity contribution >= 4 is 29.7 Å². The van der Waals surface area contributed by atoms with Gasteiger partial charge in [-0.1, -0.05) is 12.1 Å². The van der Waals surface area contributed by atoms with Crippen LogP contribution in [0.2, 0.25) is 0 Å². The molecule has 0 aliphatic carbocycles. The van der Waals surface area contributed by atoms with E-state index in [0.717, 1.165) is 17.9 Å². The normalized spacial score (nSPS) is 17.9. The second-order valence-corrected chi connectivity index (χ2v) is 6.21. The number of barbiturate groups is 1. The number of imide groups is 2. The zero-order valence-electron chi connectivity index (χ0n) is 15.3. The second kappa shape index (κ2) is 9.10. The molecule has 0 saturated carbocycles. The van der Waals surface area contributed by atoms with E-state index in [1.807, 2.05) is 21.0 Å². The van der Waals surface area contributed by atoms with Crippen LogP contribution in [0.5, 0.6) is 5.75 Å². The lowest BCUT2D eigenvalue weighted by Gasteiger charge is -2.29. The van der Waals surface area contributed by atoms with Crippen LogP contribution < -0.4 is 19.9 Å². The van der Waals surface area contributed by atoms with Crippen molar-refractivity contribution < 1.29 is 24.0 Å². The number of urea groups is 1. The lowest BCUT2D eigenvalue weighted by atomic mass is 10.1. The molecule has 8 nitrogen and oxygen atoms in total. The maximum absolute atomic E-state index is 12.8. The average Bonchev–Trinajstić information content (AvgIpc) is 2.58. The van der Waals surface area contributed by atoms with Gasteiger partial charge < -0.3 is 9.64 Å². The quantitative estimate of drug-likeness (QED) is 0.384. The highest BCUT2D eigenvalue weighted by atomic mass is 16.5. The lowest BCUT2D eigenvalue weighted by molar-refractivity contribution is -0.858. The van der Waals surface area contributed by atoms with Crippen molar-refractivity contribution in [3.63, 3.8) is 0 Å². The molecular formula is C18H25N4O4+. The monoisotopic (exact) mass is 361 g/mol. The number of para-hydroxylation sites is 2. The van der Waals surface area contributed by atoms with Gasteiger partial charge in [0.1, 0.15) is 5.75 Å². The SMILES string of the molecule is CCOc1ccccc1N1C(=O)NC(=O)[C@@H](C=NCCC[NH+](C)C)C1=O. The molecule has 0 spiro atoms. The van der Waals surface area contributed by atoms with Crippen LogP contribution in [0.4, 0.5) is 10.5 Å². The molecule has 0 unspecified atom stereocenters. The third-order valence-corrected chi connectivity index (χ3v) is 3.83. The first-order valence-electron chi connectivity index (χ1n) is 8.65. The summed E-state index contributed by atoms with van der Waals surface area (Å²) in [6.45, 7) is 3.65. The third-order valence-electron chi connectivity index (χ3n) is 3.83. The smallest absolute Gasteiger partial charge is 0.335 e. The second-order valence-electron chi connectivity index (χ2n) is 6.21. The van der Waals surface area contributed by atoms with Crippen molar-refractivity contribution in [1.29, 1.82) is 0 Å². The molecule has 1 aromatic carbocycles. The van der Waals surface area contributed by atoms with E-state index in [4.69, 9.17) is 4.74 Å². The van der Waals surface area contributed by atoms with E-state index in [-0.39, 0.29) is 0 Å². The number of ether oxygens (including phenoxy) is 1. The van der Waals surface area contributed by atoms with E-state index >= 15 is 0 Å². The molecular weight excluding hydrogens is 336 g/mol. The van der Waals surface area contributed by atoms with Crippen molar-refractivity contribution in [2.24, 2.45) is 10.9 Å². The minimum absolute atomic E-state index is 0.305. The van der Waals surface area contributed by atoms with Crippen LogP contribution >= 0.6 is 0 Å². The van der Waals surface area contributed by atoms with Crippen molar-refractivity contribution in [1.82, 2.24) is 5.32 Å². The molecule has 0 bridgehead atoms. The Labute approximate surface area is 152 Å². The van der Waals surface area contributed by atoms with Crippen molar-refractivity contribution in [2.45, 2.75) is 13.3 Å². The number of nitrogens with one attached hydrogen (secondary N) is 2. The van der Waals surface area contributed by atoms with E-state index in [1.54, 1.807) is 24.3 Å². The molecule has 1 aliphatic heterocycles. The molecule has 1 aromatic rings. The van der Waals surface area contributed by atoms with Gasteiger partial charge in [-0.25, -0.2) is 9.69 Å². The summed E-state index contributed by atoms with van der Waals surface area (Å²) in [5, 5.41) is 2.21. The first-order valence-corrected chi connectivity index (χ1v) is 8.65. The molecule has 1 aliphatic rings. The molecule has 1 saturated heterocycles. The maximum atomic E-state index is 12.8. The topological polar surface area (TPSA) is 92.5 Å². The molecule has 2 N–H and O–H groups in total. The van der Waals surface area contributed by atoms with Gasteiger partial charge in [0.15, 0.2) is 5.92 Å². The summed E-state index contributed by atoms with van der Waals surface area (Å²) >= 11 is 0. The van der Waals surface area contributed by atoms with Gasteiger partial charge >= 0.3 is 6.03 Å². The zero-order chi connectivity index (χ0) is 19.1. The van der Waals surface area contributed by atoms with Crippen LogP contribution in [-0.4, -0.2) is 57.9 Å². The average molecular weight is 361 g/mol. The number of carbonyl (C=O) groups is 3. The summed E-state index contributed by atoms with van der Waals surface area (Å²) in [7, 11) is 4.09. The van der Waals surface area contributed by atoms with Gasteiger partial charge in [0.2, 0.25) is 5.91 Å². The standard InChI is InChI=1S/C18H24N4O4/c1-4-26-15-9-6-5-8-14(15)22-17(24)13(16(23)20-18(22)25)12-19-10-7-11-21(2)3/h5-6,8-9,12-13H,4,7,10-11H2,1-3H3,(H,20,23,25)/p+1/t13-/m1/s1. The molecule has 4 amide bonds. The number of quaternary nitrogens is 1. The number of nitrogens with zero attached hydrogens (tertiary/aromatic N) is 2. The van der Waals surface area contributed by atoms with Crippen LogP contribution in [0.3, 0.4) is 0 Å². The zero-order valence-corrected chi connectivity index (χ0v) is 15.3. The number of benzene rings is 1. The van der Waals surface area contributed by atoms with Crippen LogP contribution in [0.15, 0.2) is 29.3 Å². The van der Waals surface area contributed by atoms with E-state index in [0.29, 0.717) is 24.6 Å². The molecule has 1 heterocycles. The Morgan fingerprint density at radius 2 is 2.00 bits per heavy atom. The Kier molecular flexibility index (Phi) is 6.85. The summed E-state index contributed by atoms with van der Waals surface area (Å²) in [6.07, 6.45) is 2.17. The van der Waals surface area contributed by atoms with Crippen LogP contribution in [0, 0.1) is 5.92 Å². The van der Waals surface area contributed by atoms with Crippen molar-refractivity contribution in [2.75, 3.05) is 38.7 Å². The summed E-state index contributed by atoms with van der Waals surface area (Å²) in [5.41, 5.74) is 0.305. The molecule has 140 valence electrons. The first kappa shape index (κ1) is 19.6. The van der Waals surface area contributed by atoms with Crippen LogP contribution in [-0.2, 0) is 9.59 Å². The summed E-state index contributed by atoms with van der Waals surface area (Å²) in [5.74, 6) is -2.02. The third kappa shape index (κ3) is 4.66. The summed E-state index contributed by atoms with van der Waals surface area (Å²) in [6, 6.07) is 5.93. The summed E-state index contributed by atoms with van der Waals surface area (Å²) < 4.78 is 5.49. The fraction of sp³-hybridized carbons (Fsp3) is 0.444. The Morgan fingerprint density at radius 1 is 1.27 bits per heavy atom. The van der Waals surface area contributed by atoms with Crippen LogP contribution in [0.1, 0.15) is 13.3 Å². The van der Waals surface area contributed by atoms with Gasteiger partial charge in [-0.3, -0.25) is 19.9 Å². The van der Waals surface area contributed by atoms with Crippen molar-refractivity contribution in [3.05, 3.63) is 24.3 Å². The number of hydrogen-bond donors (Lipinski definition) is 2. The van der Waals surface area contributed by atoms with Gasteiger partial charge in [0.25, 0.3) is 5.91 Å². The largest absolute Gasteiger partial charge is 0.492 e. The molecule has 1 fully saturated rings. The number of hydrogen-bond acceptors (Lipinski definition) is 5. The number of rotatable bonds is 8. The highest BCUT2D eigenvalue weighted by Gasteiger charge is 2.41. The number of carbonyl (C=O) groups excluding carboxylic acids is 3. The molecule has 2 rings (SSSR count).